The van der Waals surface area contributed by atoms with E-state index in [-0.39, 0.29) is 18.2 Å². The highest BCUT2D eigenvalue weighted by molar-refractivity contribution is 6.06. The van der Waals surface area contributed by atoms with Crippen molar-refractivity contribution < 1.29 is 23.1 Å². The zero-order valence-corrected chi connectivity index (χ0v) is 15.7. The van der Waals surface area contributed by atoms with E-state index in [1.165, 1.54) is 12.1 Å². The fraction of sp³-hybridized carbons (Fsp3) is 0.286. The Morgan fingerprint density at radius 2 is 1.86 bits per heavy atom. The van der Waals surface area contributed by atoms with Crippen LogP contribution in [0, 0.1) is 11.3 Å². The predicted octanol–water partition coefficient (Wildman–Crippen LogP) is 3.60. The number of nitrogens with one attached hydrogen (secondary N) is 1. The van der Waals surface area contributed by atoms with Crippen molar-refractivity contribution in [2.24, 2.45) is 0 Å². The number of benzene rings is 2. The summed E-state index contributed by atoms with van der Waals surface area (Å²) < 4.78 is 28.8. The van der Waals surface area contributed by atoms with E-state index in [2.05, 4.69) is 16.1 Å². The number of carbonyl (C=O) groups is 2. The summed E-state index contributed by atoms with van der Waals surface area (Å²) in [6, 6.07) is 14.5. The number of hydrogen-bond donors (Lipinski definition) is 1. The smallest absolute Gasteiger partial charge is 0.387 e. The van der Waals surface area contributed by atoms with Crippen LogP contribution in [0.3, 0.4) is 0 Å². The van der Waals surface area contributed by atoms with Gasteiger partial charge in [-0.1, -0.05) is 30.3 Å². The number of urea groups is 1. The Morgan fingerprint density at radius 3 is 2.52 bits per heavy atom. The van der Waals surface area contributed by atoms with Crippen molar-refractivity contribution in [3.05, 3.63) is 65.2 Å². The van der Waals surface area contributed by atoms with Crippen LogP contribution in [0.25, 0.3) is 0 Å². The van der Waals surface area contributed by atoms with Crippen LogP contribution in [0.1, 0.15) is 30.0 Å². The van der Waals surface area contributed by atoms with Crippen molar-refractivity contribution in [2.45, 2.75) is 38.5 Å². The van der Waals surface area contributed by atoms with Gasteiger partial charge in [0.25, 0.3) is 5.91 Å². The summed E-state index contributed by atoms with van der Waals surface area (Å²) in [4.78, 5) is 26.4. The minimum absolute atomic E-state index is 0.0175. The molecular formula is C21H19F2N3O3. The maximum absolute atomic E-state index is 12.9. The highest BCUT2D eigenvalue weighted by Crippen LogP contribution is 2.26. The summed E-state index contributed by atoms with van der Waals surface area (Å²) in [5.74, 6) is -0.310. The maximum Gasteiger partial charge on any atom is 0.387 e. The third kappa shape index (κ3) is 4.51. The fourth-order valence-electron chi connectivity index (χ4n) is 3.23. The number of aryl methyl sites for hydroxylation is 1. The molecule has 1 fully saturated rings. The lowest BCUT2D eigenvalue weighted by molar-refractivity contribution is -0.131. The first-order valence-electron chi connectivity index (χ1n) is 8.98. The first-order chi connectivity index (χ1) is 13.8. The van der Waals surface area contributed by atoms with Gasteiger partial charge in [-0.3, -0.25) is 9.69 Å². The molecule has 1 saturated heterocycles. The van der Waals surface area contributed by atoms with Crippen LogP contribution in [0.4, 0.5) is 13.6 Å². The van der Waals surface area contributed by atoms with E-state index in [0.717, 1.165) is 10.5 Å². The Morgan fingerprint density at radius 1 is 1.17 bits per heavy atom. The van der Waals surface area contributed by atoms with Crippen molar-refractivity contribution in [3.63, 3.8) is 0 Å². The van der Waals surface area contributed by atoms with Gasteiger partial charge >= 0.3 is 12.6 Å². The molecule has 1 unspecified atom stereocenters. The minimum Gasteiger partial charge on any atom is -0.435 e. The fourth-order valence-corrected chi connectivity index (χ4v) is 3.23. The van der Waals surface area contributed by atoms with Gasteiger partial charge in [0.05, 0.1) is 18.2 Å². The summed E-state index contributed by atoms with van der Waals surface area (Å²) >= 11 is 0. The standard InChI is InChI=1S/C21H19F2N3O3/c1-21(11-10-14-6-8-17(9-7-14)29-19(22)23)18(27)26(20(28)25-21)13-16-5-3-2-4-15(16)12-24/h2-9,19H,10-11,13H2,1H3,(H,25,28). The Labute approximate surface area is 166 Å². The number of nitrogens with zero attached hydrogens (tertiary/aromatic N) is 2. The molecule has 1 heterocycles. The van der Waals surface area contributed by atoms with Crippen molar-refractivity contribution in [1.29, 1.82) is 5.26 Å². The van der Waals surface area contributed by atoms with Crippen molar-refractivity contribution in [2.75, 3.05) is 0 Å². The minimum atomic E-state index is -2.89. The molecule has 150 valence electrons. The molecule has 0 bridgehead atoms. The topological polar surface area (TPSA) is 82.4 Å². The second-order valence-electron chi connectivity index (χ2n) is 6.94. The van der Waals surface area contributed by atoms with Crippen LogP contribution < -0.4 is 10.1 Å². The van der Waals surface area contributed by atoms with E-state index in [0.29, 0.717) is 24.0 Å². The molecule has 1 N–H and O–H groups in total. The molecule has 1 aliphatic rings. The van der Waals surface area contributed by atoms with Gasteiger partial charge in [0, 0.05) is 0 Å². The lowest BCUT2D eigenvalue weighted by atomic mass is 9.93. The van der Waals surface area contributed by atoms with E-state index in [4.69, 9.17) is 0 Å². The molecule has 1 atom stereocenters. The molecule has 0 saturated carbocycles. The van der Waals surface area contributed by atoms with Crippen molar-refractivity contribution in [1.82, 2.24) is 10.2 Å². The number of nitriles is 1. The lowest BCUT2D eigenvalue weighted by Crippen LogP contribution is -2.44. The van der Waals surface area contributed by atoms with Gasteiger partial charge < -0.3 is 10.1 Å². The highest BCUT2D eigenvalue weighted by Gasteiger charge is 2.47. The number of amides is 3. The molecular weight excluding hydrogens is 380 g/mol. The molecule has 0 radical (unpaired) electrons. The first kappa shape index (κ1) is 20.3. The van der Waals surface area contributed by atoms with E-state index >= 15 is 0 Å². The third-order valence-electron chi connectivity index (χ3n) is 4.87. The lowest BCUT2D eigenvalue weighted by Gasteiger charge is -2.22. The van der Waals surface area contributed by atoms with Crippen LogP contribution >= 0.6 is 0 Å². The number of hydrogen-bond acceptors (Lipinski definition) is 4. The zero-order valence-electron chi connectivity index (χ0n) is 15.7. The maximum atomic E-state index is 12.9. The number of alkyl halides is 2. The van der Waals surface area contributed by atoms with E-state index < -0.39 is 18.2 Å². The average Bonchev–Trinajstić information content (AvgIpc) is 2.91. The van der Waals surface area contributed by atoms with Crippen LogP contribution in [0.2, 0.25) is 0 Å². The van der Waals surface area contributed by atoms with Gasteiger partial charge in [-0.25, -0.2) is 4.79 Å². The predicted molar refractivity (Wildman–Crippen MR) is 100 cm³/mol. The van der Waals surface area contributed by atoms with Gasteiger partial charge in [-0.2, -0.15) is 14.0 Å². The molecule has 2 aromatic carbocycles. The molecule has 1 aliphatic heterocycles. The summed E-state index contributed by atoms with van der Waals surface area (Å²) in [5, 5.41) is 11.9. The highest BCUT2D eigenvalue weighted by atomic mass is 19.3. The zero-order chi connectivity index (χ0) is 21.0. The van der Waals surface area contributed by atoms with Gasteiger partial charge in [0.2, 0.25) is 0 Å². The Balaban J connectivity index is 1.67. The first-order valence-corrected chi connectivity index (χ1v) is 8.98. The molecule has 0 aliphatic carbocycles. The third-order valence-corrected chi connectivity index (χ3v) is 4.87. The van der Waals surface area contributed by atoms with Gasteiger partial charge in [-0.05, 0) is 49.1 Å². The van der Waals surface area contributed by atoms with Crippen LogP contribution in [0.5, 0.6) is 5.75 Å². The number of imide groups is 1. The summed E-state index contributed by atoms with van der Waals surface area (Å²) in [6.45, 7) is -1.22. The van der Waals surface area contributed by atoms with Crippen LogP contribution in [-0.4, -0.2) is 29.0 Å². The van der Waals surface area contributed by atoms with Gasteiger partial charge in [0.1, 0.15) is 11.3 Å². The van der Waals surface area contributed by atoms with E-state index in [9.17, 15) is 23.6 Å². The van der Waals surface area contributed by atoms with Gasteiger partial charge in [0.15, 0.2) is 0 Å². The molecule has 6 nitrogen and oxygen atoms in total. The number of halogens is 2. The Hall–Kier alpha value is -3.47. The molecule has 29 heavy (non-hydrogen) atoms. The Bertz CT molecular complexity index is 956. The summed E-state index contributed by atoms with van der Waals surface area (Å²) in [7, 11) is 0. The molecule has 3 amide bonds. The van der Waals surface area contributed by atoms with Gasteiger partial charge in [-0.15, -0.1) is 0 Å². The second kappa shape index (κ2) is 8.27. The van der Waals surface area contributed by atoms with Crippen LogP contribution in [-0.2, 0) is 17.8 Å². The van der Waals surface area contributed by atoms with E-state index in [1.807, 2.05) is 0 Å². The average molecular weight is 399 g/mol. The quantitative estimate of drug-likeness (QED) is 0.721. The number of ether oxygens (including phenoxy) is 1. The molecule has 8 heteroatoms. The SMILES string of the molecule is CC1(CCc2ccc(OC(F)F)cc2)NC(=O)N(Cc2ccccc2C#N)C1=O. The molecule has 0 spiro atoms. The number of rotatable bonds is 7. The largest absolute Gasteiger partial charge is 0.435 e. The molecule has 3 rings (SSSR count). The summed E-state index contributed by atoms with van der Waals surface area (Å²) in [6.07, 6.45) is 0.795. The Kier molecular flexibility index (Phi) is 5.78. The summed E-state index contributed by atoms with van der Waals surface area (Å²) in [5.41, 5.74) is 0.741. The van der Waals surface area contributed by atoms with Crippen LogP contribution in [0.15, 0.2) is 48.5 Å². The van der Waals surface area contributed by atoms with Crippen molar-refractivity contribution in [3.8, 4) is 11.8 Å². The number of carbonyl (C=O) groups excluding carboxylic acids is 2. The second-order valence-corrected chi connectivity index (χ2v) is 6.94. The van der Waals surface area contributed by atoms with E-state index in [1.54, 1.807) is 43.3 Å². The molecule has 2 aromatic rings. The monoisotopic (exact) mass is 399 g/mol. The van der Waals surface area contributed by atoms with Crippen molar-refractivity contribution >= 4 is 11.9 Å². The molecule has 0 aromatic heterocycles. The normalized spacial score (nSPS) is 18.7.